The summed E-state index contributed by atoms with van der Waals surface area (Å²) >= 11 is 13.4. The summed E-state index contributed by atoms with van der Waals surface area (Å²) < 4.78 is 5.53. The molecule has 4 aromatic rings. The molecule has 9 heteroatoms. The van der Waals surface area contributed by atoms with E-state index in [4.69, 9.17) is 34.2 Å². The van der Waals surface area contributed by atoms with Gasteiger partial charge < -0.3 is 14.8 Å². The zero-order valence-corrected chi connectivity index (χ0v) is 17.2. The molecule has 30 heavy (non-hydrogen) atoms. The van der Waals surface area contributed by atoms with Crippen LogP contribution in [0, 0.1) is 6.57 Å². The van der Waals surface area contributed by atoms with Crippen LogP contribution in [0.15, 0.2) is 52.3 Å². The SMILES string of the molecule is [C-]#[N+]c1c(Cl)ccc(-c2scc(NC(=O)c3cc4ccccc4o3)c2C(=O)O)c1Cl. The highest BCUT2D eigenvalue weighted by Crippen LogP contribution is 2.45. The van der Waals surface area contributed by atoms with Crippen molar-refractivity contribution in [1.82, 2.24) is 0 Å². The lowest BCUT2D eigenvalue weighted by molar-refractivity contribution is 0.0699. The number of hydrogen-bond donors (Lipinski definition) is 2. The van der Waals surface area contributed by atoms with Crippen LogP contribution in [0.5, 0.6) is 0 Å². The maximum absolute atomic E-state index is 12.6. The molecule has 0 aliphatic rings. The van der Waals surface area contributed by atoms with Crippen molar-refractivity contribution in [2.75, 3.05) is 5.32 Å². The Bertz CT molecular complexity index is 1330. The van der Waals surface area contributed by atoms with Gasteiger partial charge in [-0.1, -0.05) is 53.5 Å². The molecular weight excluding hydrogens is 447 g/mol. The zero-order chi connectivity index (χ0) is 21.4. The van der Waals surface area contributed by atoms with Gasteiger partial charge in [0.1, 0.15) is 11.1 Å². The molecule has 0 saturated heterocycles. The Morgan fingerprint density at radius 3 is 2.63 bits per heavy atom. The van der Waals surface area contributed by atoms with E-state index in [-0.39, 0.29) is 32.7 Å². The summed E-state index contributed by atoms with van der Waals surface area (Å²) in [6.45, 7) is 7.24. The number of furan rings is 1. The smallest absolute Gasteiger partial charge is 0.339 e. The number of carboxylic acids is 1. The van der Waals surface area contributed by atoms with Gasteiger partial charge in [-0.15, -0.1) is 11.3 Å². The van der Waals surface area contributed by atoms with Crippen LogP contribution in [-0.2, 0) is 0 Å². The summed E-state index contributed by atoms with van der Waals surface area (Å²) in [5, 5.41) is 14.8. The van der Waals surface area contributed by atoms with Gasteiger partial charge in [0, 0.05) is 21.4 Å². The van der Waals surface area contributed by atoms with Gasteiger partial charge in [0.15, 0.2) is 5.76 Å². The van der Waals surface area contributed by atoms with E-state index in [9.17, 15) is 14.7 Å². The number of aromatic carboxylic acids is 1. The molecule has 0 saturated carbocycles. The van der Waals surface area contributed by atoms with Crippen LogP contribution in [0.1, 0.15) is 20.9 Å². The van der Waals surface area contributed by atoms with E-state index in [1.54, 1.807) is 30.3 Å². The van der Waals surface area contributed by atoms with Crippen LogP contribution in [0.25, 0.3) is 26.3 Å². The molecule has 0 bridgehead atoms. The molecule has 0 fully saturated rings. The monoisotopic (exact) mass is 456 g/mol. The Hall–Kier alpha value is -3.31. The van der Waals surface area contributed by atoms with E-state index < -0.39 is 11.9 Å². The maximum Gasteiger partial charge on any atom is 0.339 e. The van der Waals surface area contributed by atoms with Crippen molar-refractivity contribution in [1.29, 1.82) is 0 Å². The number of amides is 1. The minimum absolute atomic E-state index is 0.0356. The van der Waals surface area contributed by atoms with Gasteiger partial charge in [0.25, 0.3) is 5.91 Å². The number of benzene rings is 2. The van der Waals surface area contributed by atoms with Gasteiger partial charge in [-0.2, -0.15) is 0 Å². The Labute approximate surface area is 184 Å². The van der Waals surface area contributed by atoms with Crippen LogP contribution in [0.4, 0.5) is 11.4 Å². The van der Waals surface area contributed by atoms with Crippen LogP contribution in [-0.4, -0.2) is 17.0 Å². The van der Waals surface area contributed by atoms with Gasteiger partial charge in [-0.05, 0) is 12.1 Å². The number of carbonyl (C=O) groups excluding carboxylic acids is 1. The number of hydrogen-bond acceptors (Lipinski definition) is 4. The largest absolute Gasteiger partial charge is 0.478 e. The van der Waals surface area contributed by atoms with Gasteiger partial charge in [-0.25, -0.2) is 9.64 Å². The van der Waals surface area contributed by atoms with Crippen molar-refractivity contribution in [2.24, 2.45) is 0 Å². The predicted octanol–water partition coefficient (Wildman–Crippen LogP) is 6.97. The van der Waals surface area contributed by atoms with E-state index in [0.29, 0.717) is 16.0 Å². The summed E-state index contributed by atoms with van der Waals surface area (Å²) in [7, 11) is 0. The number of fused-ring (bicyclic) bond motifs is 1. The van der Waals surface area contributed by atoms with Crippen LogP contribution < -0.4 is 5.32 Å². The summed E-state index contributed by atoms with van der Waals surface area (Å²) in [5.41, 5.74) is 0.895. The molecule has 1 amide bonds. The third-order valence-electron chi connectivity index (χ3n) is 4.33. The maximum atomic E-state index is 12.6. The second-order valence-corrected chi connectivity index (χ2v) is 7.80. The molecule has 6 nitrogen and oxygen atoms in total. The summed E-state index contributed by atoms with van der Waals surface area (Å²) in [4.78, 5) is 28.2. The van der Waals surface area contributed by atoms with Crippen molar-refractivity contribution in [3.05, 3.63) is 80.6 Å². The molecule has 0 aliphatic heterocycles. The number of carboxylic acid groups (broad SMARTS) is 1. The highest BCUT2D eigenvalue weighted by Gasteiger charge is 2.25. The molecule has 2 aromatic carbocycles. The van der Waals surface area contributed by atoms with Gasteiger partial charge >= 0.3 is 5.97 Å². The van der Waals surface area contributed by atoms with Crippen LogP contribution in [0.2, 0.25) is 10.0 Å². The van der Waals surface area contributed by atoms with Crippen molar-refractivity contribution >= 4 is 68.8 Å². The van der Waals surface area contributed by atoms with Gasteiger partial charge in [0.05, 0.1) is 22.2 Å². The second-order valence-electron chi connectivity index (χ2n) is 6.13. The third kappa shape index (κ3) is 3.42. The molecule has 0 atom stereocenters. The number of halogens is 2. The van der Waals surface area contributed by atoms with Crippen molar-refractivity contribution < 1.29 is 19.1 Å². The molecular formula is C21H10Cl2N2O4S. The van der Waals surface area contributed by atoms with Gasteiger partial charge in [-0.3, -0.25) is 4.79 Å². The lowest BCUT2D eigenvalue weighted by Gasteiger charge is -2.08. The quantitative estimate of drug-likeness (QED) is 0.324. The topological polar surface area (TPSA) is 83.9 Å². The average Bonchev–Trinajstić information content (AvgIpc) is 3.32. The van der Waals surface area contributed by atoms with Crippen LogP contribution >= 0.6 is 34.5 Å². The molecule has 0 spiro atoms. The summed E-state index contributed by atoms with van der Waals surface area (Å²) in [6.07, 6.45) is 0. The highest BCUT2D eigenvalue weighted by atomic mass is 35.5. The summed E-state index contributed by atoms with van der Waals surface area (Å²) in [6, 6.07) is 11.7. The number of anilines is 1. The first-order chi connectivity index (χ1) is 14.4. The number of rotatable bonds is 4. The molecule has 2 N–H and O–H groups in total. The highest BCUT2D eigenvalue weighted by molar-refractivity contribution is 7.14. The first-order valence-corrected chi connectivity index (χ1v) is 10.0. The fraction of sp³-hybridized carbons (Fsp3) is 0. The fourth-order valence-electron chi connectivity index (χ4n) is 2.96. The number of para-hydroxylation sites is 1. The van der Waals surface area contributed by atoms with Crippen molar-refractivity contribution in [2.45, 2.75) is 0 Å². The zero-order valence-electron chi connectivity index (χ0n) is 14.9. The summed E-state index contributed by atoms with van der Waals surface area (Å²) in [5.74, 6) is -1.77. The van der Waals surface area contributed by atoms with E-state index in [2.05, 4.69) is 10.2 Å². The first-order valence-electron chi connectivity index (χ1n) is 8.41. The van der Waals surface area contributed by atoms with E-state index in [0.717, 1.165) is 16.7 Å². The minimum Gasteiger partial charge on any atom is -0.478 e. The van der Waals surface area contributed by atoms with Gasteiger partial charge in [0.2, 0.25) is 5.69 Å². The molecule has 0 radical (unpaired) electrons. The normalized spacial score (nSPS) is 10.7. The lowest BCUT2D eigenvalue weighted by Crippen LogP contribution is -2.13. The Balaban J connectivity index is 1.74. The van der Waals surface area contributed by atoms with E-state index >= 15 is 0 Å². The minimum atomic E-state index is -1.25. The average molecular weight is 457 g/mol. The predicted molar refractivity (Wildman–Crippen MR) is 117 cm³/mol. The molecule has 2 aromatic heterocycles. The lowest BCUT2D eigenvalue weighted by atomic mass is 10.1. The van der Waals surface area contributed by atoms with E-state index in [1.807, 2.05) is 6.07 Å². The standard InChI is InChI=1S/C21H10Cl2N2O4S/c1-24-18-12(22)7-6-11(17(18)23)19-16(21(27)28)13(9-30-19)25-20(26)15-8-10-4-2-3-5-14(10)29-15/h2-9H,(H,25,26)(H,27,28). The third-order valence-corrected chi connectivity index (χ3v) is 6.03. The Morgan fingerprint density at radius 2 is 1.93 bits per heavy atom. The number of carbonyl (C=O) groups is 2. The molecule has 4 rings (SSSR count). The number of thiophene rings is 1. The second kappa shape index (κ2) is 7.84. The number of nitrogens with zero attached hydrogens (tertiary/aromatic N) is 1. The Kier molecular flexibility index (Phi) is 5.22. The first kappa shape index (κ1) is 20.0. The molecule has 0 aliphatic carbocycles. The molecule has 148 valence electrons. The fourth-order valence-corrected chi connectivity index (χ4v) is 4.59. The van der Waals surface area contributed by atoms with Crippen molar-refractivity contribution in [3.8, 4) is 10.4 Å². The number of nitrogens with one attached hydrogen (secondary N) is 1. The Morgan fingerprint density at radius 1 is 1.17 bits per heavy atom. The molecule has 0 unspecified atom stereocenters. The van der Waals surface area contributed by atoms with Crippen LogP contribution in [0.3, 0.4) is 0 Å². The van der Waals surface area contributed by atoms with E-state index in [1.165, 1.54) is 11.4 Å². The van der Waals surface area contributed by atoms with Crippen molar-refractivity contribution in [3.63, 3.8) is 0 Å². The molecule has 2 heterocycles.